The smallest absolute Gasteiger partial charge is 0.152 e. The summed E-state index contributed by atoms with van der Waals surface area (Å²) in [4.78, 5) is 1.28. The van der Waals surface area contributed by atoms with Crippen LogP contribution in [-0.4, -0.2) is 0 Å². The number of anilines is 1. The average Bonchev–Trinajstić information content (AvgIpc) is 2.91. The van der Waals surface area contributed by atoms with Crippen LogP contribution in [0.3, 0.4) is 0 Å². The third-order valence-corrected chi connectivity index (χ3v) is 4.53. The molecule has 1 unspecified atom stereocenters. The molecule has 1 heterocycles. The molecule has 4 heteroatoms. The second kappa shape index (κ2) is 4.67. The highest BCUT2D eigenvalue weighted by Gasteiger charge is 2.37. The van der Waals surface area contributed by atoms with Crippen LogP contribution in [0.1, 0.15) is 23.3 Å². The fraction of sp³-hybridized carbons (Fsp3) is 0.267. The molecule has 0 saturated heterocycles. The molecule has 0 aliphatic heterocycles. The zero-order valence-electron chi connectivity index (χ0n) is 10.3. The third kappa shape index (κ3) is 2.11. The molecule has 0 saturated carbocycles. The number of halogens is 1. The minimum absolute atomic E-state index is 0.267. The highest BCUT2D eigenvalue weighted by molar-refractivity contribution is 7.10. The van der Waals surface area contributed by atoms with E-state index in [0.717, 1.165) is 30.5 Å². The van der Waals surface area contributed by atoms with Crippen molar-refractivity contribution in [2.24, 2.45) is 0 Å². The molecule has 96 valence electrons. The monoisotopic (exact) mass is 272 g/mol. The Balaban J connectivity index is 1.98. The third-order valence-electron chi connectivity index (χ3n) is 3.55. The van der Waals surface area contributed by atoms with E-state index in [1.54, 1.807) is 23.5 Å². The first-order chi connectivity index (χ1) is 9.23. The van der Waals surface area contributed by atoms with Crippen molar-refractivity contribution in [1.29, 1.82) is 5.26 Å². The standard InChI is InChI=1S/C15H13FN2S/c16-11-3-5-12(6-4-11)18-15(10-17)8-1-2-14-13(15)7-9-19-14/h3-7,9,18H,1-2,8H2. The van der Waals surface area contributed by atoms with E-state index in [0.29, 0.717) is 0 Å². The molecule has 19 heavy (non-hydrogen) atoms. The van der Waals surface area contributed by atoms with Crippen molar-refractivity contribution in [3.05, 3.63) is 52.0 Å². The summed E-state index contributed by atoms with van der Waals surface area (Å²) in [5.41, 5.74) is 1.18. The minimum Gasteiger partial charge on any atom is -0.364 e. The van der Waals surface area contributed by atoms with Gasteiger partial charge in [-0.15, -0.1) is 11.3 Å². The maximum absolute atomic E-state index is 12.9. The number of fused-ring (bicyclic) bond motifs is 1. The zero-order chi connectivity index (χ0) is 13.3. The molecule has 1 aliphatic rings. The summed E-state index contributed by atoms with van der Waals surface area (Å²) in [5, 5.41) is 15.0. The van der Waals surface area contributed by atoms with Gasteiger partial charge in [0, 0.05) is 16.1 Å². The lowest BCUT2D eigenvalue weighted by atomic mass is 9.81. The van der Waals surface area contributed by atoms with E-state index < -0.39 is 5.54 Å². The van der Waals surface area contributed by atoms with Gasteiger partial charge in [-0.1, -0.05) is 0 Å². The molecule has 1 N–H and O–H groups in total. The average molecular weight is 272 g/mol. The van der Waals surface area contributed by atoms with E-state index in [1.807, 2.05) is 11.4 Å². The maximum Gasteiger partial charge on any atom is 0.152 e. The molecule has 0 spiro atoms. The van der Waals surface area contributed by atoms with Gasteiger partial charge in [-0.3, -0.25) is 0 Å². The molecular weight excluding hydrogens is 259 g/mol. The van der Waals surface area contributed by atoms with Gasteiger partial charge in [-0.05, 0) is 55.0 Å². The van der Waals surface area contributed by atoms with Gasteiger partial charge >= 0.3 is 0 Å². The Bertz CT molecular complexity index is 626. The fourth-order valence-electron chi connectivity index (χ4n) is 2.62. The lowest BCUT2D eigenvalue weighted by molar-refractivity contribution is 0.510. The van der Waals surface area contributed by atoms with Crippen LogP contribution in [-0.2, 0) is 12.0 Å². The summed E-state index contributed by atoms with van der Waals surface area (Å²) >= 11 is 1.70. The van der Waals surface area contributed by atoms with Crippen molar-refractivity contribution in [3.8, 4) is 6.07 Å². The lowest BCUT2D eigenvalue weighted by Gasteiger charge is -2.33. The number of nitriles is 1. The predicted molar refractivity (Wildman–Crippen MR) is 74.6 cm³/mol. The van der Waals surface area contributed by atoms with Gasteiger partial charge in [-0.2, -0.15) is 5.26 Å². The highest BCUT2D eigenvalue weighted by Crippen LogP contribution is 2.40. The molecule has 1 atom stereocenters. The van der Waals surface area contributed by atoms with Crippen LogP contribution >= 0.6 is 11.3 Å². The van der Waals surface area contributed by atoms with E-state index >= 15 is 0 Å². The molecule has 0 amide bonds. The molecule has 2 nitrogen and oxygen atoms in total. The fourth-order valence-corrected chi connectivity index (χ4v) is 3.62. The molecule has 0 radical (unpaired) electrons. The maximum atomic E-state index is 12.9. The van der Waals surface area contributed by atoms with Crippen LogP contribution in [0, 0.1) is 17.1 Å². The molecule has 0 fully saturated rings. The Labute approximate surface area is 115 Å². The Hall–Kier alpha value is -1.86. The number of nitrogens with zero attached hydrogens (tertiary/aromatic N) is 1. The van der Waals surface area contributed by atoms with Crippen molar-refractivity contribution in [3.63, 3.8) is 0 Å². The number of rotatable bonds is 2. The van der Waals surface area contributed by atoms with E-state index in [-0.39, 0.29) is 5.82 Å². The summed E-state index contributed by atoms with van der Waals surface area (Å²) in [6.45, 7) is 0. The second-order valence-corrected chi connectivity index (χ2v) is 5.76. The number of aryl methyl sites for hydroxylation is 1. The number of benzene rings is 1. The van der Waals surface area contributed by atoms with Crippen molar-refractivity contribution >= 4 is 17.0 Å². The van der Waals surface area contributed by atoms with Gasteiger partial charge in [0.1, 0.15) is 5.82 Å². The molecule has 2 aromatic rings. The van der Waals surface area contributed by atoms with E-state index in [4.69, 9.17) is 0 Å². The van der Waals surface area contributed by atoms with E-state index in [2.05, 4.69) is 11.4 Å². The Morgan fingerprint density at radius 3 is 2.79 bits per heavy atom. The van der Waals surface area contributed by atoms with Gasteiger partial charge in [-0.25, -0.2) is 4.39 Å². The zero-order valence-corrected chi connectivity index (χ0v) is 11.1. The van der Waals surface area contributed by atoms with Crippen LogP contribution < -0.4 is 5.32 Å². The molecular formula is C15H13FN2S. The van der Waals surface area contributed by atoms with Crippen LogP contribution in [0.25, 0.3) is 0 Å². The molecule has 1 aromatic heterocycles. The topological polar surface area (TPSA) is 35.8 Å². The molecule has 0 bridgehead atoms. The van der Waals surface area contributed by atoms with Gasteiger partial charge in [0.15, 0.2) is 5.54 Å². The van der Waals surface area contributed by atoms with Crippen LogP contribution in [0.4, 0.5) is 10.1 Å². The first-order valence-corrected chi connectivity index (χ1v) is 7.13. The first-order valence-electron chi connectivity index (χ1n) is 6.25. The summed E-state index contributed by atoms with van der Waals surface area (Å²) < 4.78 is 12.9. The van der Waals surface area contributed by atoms with Crippen molar-refractivity contribution in [1.82, 2.24) is 0 Å². The van der Waals surface area contributed by atoms with Gasteiger partial charge in [0.25, 0.3) is 0 Å². The number of hydrogen-bond acceptors (Lipinski definition) is 3. The Morgan fingerprint density at radius 1 is 1.26 bits per heavy atom. The minimum atomic E-state index is -0.675. The normalized spacial score (nSPS) is 21.5. The number of hydrogen-bond donors (Lipinski definition) is 1. The Morgan fingerprint density at radius 2 is 2.05 bits per heavy atom. The van der Waals surface area contributed by atoms with Crippen LogP contribution in [0.15, 0.2) is 35.7 Å². The predicted octanol–water partition coefficient (Wildman–Crippen LogP) is 4.05. The van der Waals surface area contributed by atoms with E-state index in [9.17, 15) is 9.65 Å². The van der Waals surface area contributed by atoms with Crippen LogP contribution in [0.2, 0.25) is 0 Å². The van der Waals surface area contributed by atoms with Crippen molar-refractivity contribution < 1.29 is 4.39 Å². The van der Waals surface area contributed by atoms with Gasteiger partial charge < -0.3 is 5.32 Å². The summed E-state index contributed by atoms with van der Waals surface area (Å²) in [7, 11) is 0. The number of thiophene rings is 1. The summed E-state index contributed by atoms with van der Waals surface area (Å²) in [6.07, 6.45) is 2.82. The van der Waals surface area contributed by atoms with E-state index in [1.165, 1.54) is 17.0 Å². The SMILES string of the molecule is N#CC1(Nc2ccc(F)cc2)CCCc2sccc21. The van der Waals surface area contributed by atoms with Crippen LogP contribution in [0.5, 0.6) is 0 Å². The van der Waals surface area contributed by atoms with Crippen molar-refractivity contribution in [2.75, 3.05) is 5.32 Å². The number of nitrogens with one attached hydrogen (secondary N) is 1. The second-order valence-electron chi connectivity index (χ2n) is 4.76. The summed E-state index contributed by atoms with van der Waals surface area (Å²) in [6, 6.07) is 10.6. The Kier molecular flexibility index (Phi) is 3.00. The molecule has 1 aliphatic carbocycles. The quantitative estimate of drug-likeness (QED) is 0.895. The first kappa shape index (κ1) is 12.2. The van der Waals surface area contributed by atoms with Gasteiger partial charge in [0.2, 0.25) is 0 Å². The van der Waals surface area contributed by atoms with Gasteiger partial charge in [0.05, 0.1) is 6.07 Å². The largest absolute Gasteiger partial charge is 0.364 e. The van der Waals surface area contributed by atoms with Crippen molar-refractivity contribution in [2.45, 2.75) is 24.8 Å². The molecule has 1 aromatic carbocycles. The molecule has 3 rings (SSSR count). The highest BCUT2D eigenvalue weighted by atomic mass is 32.1. The summed E-state index contributed by atoms with van der Waals surface area (Å²) in [5.74, 6) is -0.267. The lowest BCUT2D eigenvalue weighted by Crippen LogP contribution is -2.36.